The molecule has 1 aliphatic rings. The van der Waals surface area contributed by atoms with Gasteiger partial charge < -0.3 is 5.32 Å². The van der Waals surface area contributed by atoms with Crippen molar-refractivity contribution in [1.29, 1.82) is 0 Å². The molecule has 1 amide bonds. The van der Waals surface area contributed by atoms with Gasteiger partial charge >= 0.3 is 0 Å². The lowest BCUT2D eigenvalue weighted by Gasteiger charge is -2.28. The van der Waals surface area contributed by atoms with E-state index < -0.39 is 20.5 Å². The van der Waals surface area contributed by atoms with Gasteiger partial charge in [0.1, 0.15) is 0 Å². The first-order valence-electron chi connectivity index (χ1n) is 8.55. The van der Waals surface area contributed by atoms with Crippen LogP contribution < -0.4 is 5.32 Å². The van der Waals surface area contributed by atoms with Crippen molar-refractivity contribution < 1.29 is 13.2 Å². The second-order valence-corrected chi connectivity index (χ2v) is 9.05. The maximum atomic E-state index is 13.3. The van der Waals surface area contributed by atoms with Crippen LogP contribution in [0.2, 0.25) is 0 Å². The Hall–Kier alpha value is -2.14. The molecule has 25 heavy (non-hydrogen) atoms. The third-order valence-electron chi connectivity index (χ3n) is 5.02. The number of carbonyl (C=O) groups is 1. The lowest BCUT2D eigenvalue weighted by atomic mass is 10.1. The average Bonchev–Trinajstić information content (AvgIpc) is 3.10. The fraction of sp³-hybridized carbons (Fsp3) is 0.350. The maximum absolute atomic E-state index is 13.3. The maximum Gasteiger partial charge on any atom is 0.246 e. The van der Waals surface area contributed by atoms with Crippen LogP contribution in [0.3, 0.4) is 0 Å². The molecule has 5 heteroatoms. The van der Waals surface area contributed by atoms with E-state index in [2.05, 4.69) is 5.32 Å². The largest absolute Gasteiger partial charge is 0.324 e. The van der Waals surface area contributed by atoms with Gasteiger partial charge in [-0.2, -0.15) is 0 Å². The van der Waals surface area contributed by atoms with Gasteiger partial charge in [0.25, 0.3) is 0 Å². The predicted octanol–water partition coefficient (Wildman–Crippen LogP) is 4.03. The summed E-state index contributed by atoms with van der Waals surface area (Å²) in [5.41, 5.74) is 2.70. The highest BCUT2D eigenvalue weighted by atomic mass is 32.2. The topological polar surface area (TPSA) is 63.2 Å². The Labute approximate surface area is 149 Å². The molecule has 1 fully saturated rings. The Morgan fingerprint density at radius 3 is 2.24 bits per heavy atom. The highest BCUT2D eigenvalue weighted by Gasteiger charge is 2.52. The van der Waals surface area contributed by atoms with E-state index in [1.54, 1.807) is 30.3 Å². The van der Waals surface area contributed by atoms with Crippen LogP contribution in [0.25, 0.3) is 0 Å². The highest BCUT2D eigenvalue weighted by Crippen LogP contribution is 2.41. The number of nitrogens with one attached hydrogen (secondary N) is 1. The Kier molecular flexibility index (Phi) is 4.69. The first-order valence-corrected chi connectivity index (χ1v) is 10.0. The lowest BCUT2D eigenvalue weighted by Crippen LogP contribution is -2.47. The molecule has 0 radical (unpaired) electrons. The standard InChI is InChI=1S/C20H23NO3S/c1-15-10-11-18(16(2)14-15)21-19(22)20(12-6-7-13-20)25(23,24)17-8-4-3-5-9-17/h3-5,8-11,14H,6-7,12-13H2,1-2H3,(H,21,22). The smallest absolute Gasteiger partial charge is 0.246 e. The summed E-state index contributed by atoms with van der Waals surface area (Å²) in [6.07, 6.45) is 2.21. The van der Waals surface area contributed by atoms with Crippen molar-refractivity contribution in [3.05, 3.63) is 59.7 Å². The van der Waals surface area contributed by atoms with E-state index >= 15 is 0 Å². The molecular weight excluding hydrogens is 334 g/mol. The van der Waals surface area contributed by atoms with Crippen molar-refractivity contribution in [2.45, 2.75) is 49.2 Å². The van der Waals surface area contributed by atoms with Crippen LogP contribution in [0.1, 0.15) is 36.8 Å². The molecule has 1 N–H and O–H groups in total. The summed E-state index contributed by atoms with van der Waals surface area (Å²) < 4.78 is 25.1. The van der Waals surface area contributed by atoms with Gasteiger partial charge in [-0.15, -0.1) is 0 Å². The van der Waals surface area contributed by atoms with Crippen LogP contribution in [0.5, 0.6) is 0 Å². The number of carbonyl (C=O) groups excluding carboxylic acids is 1. The molecule has 0 atom stereocenters. The summed E-state index contributed by atoms with van der Waals surface area (Å²) in [5.74, 6) is -0.416. The van der Waals surface area contributed by atoms with Gasteiger partial charge in [-0.1, -0.05) is 48.7 Å². The SMILES string of the molecule is Cc1ccc(NC(=O)C2(S(=O)(=O)c3ccccc3)CCCC2)c(C)c1. The van der Waals surface area contributed by atoms with Gasteiger partial charge in [-0.05, 0) is 50.5 Å². The van der Waals surface area contributed by atoms with Crippen molar-refractivity contribution >= 4 is 21.4 Å². The van der Waals surface area contributed by atoms with Gasteiger partial charge in [0.2, 0.25) is 5.91 Å². The van der Waals surface area contributed by atoms with E-state index in [1.807, 2.05) is 32.0 Å². The third kappa shape index (κ3) is 3.09. The van der Waals surface area contributed by atoms with E-state index in [4.69, 9.17) is 0 Å². The highest BCUT2D eigenvalue weighted by molar-refractivity contribution is 7.93. The number of hydrogen-bond donors (Lipinski definition) is 1. The lowest BCUT2D eigenvalue weighted by molar-refractivity contribution is -0.118. The molecule has 4 nitrogen and oxygen atoms in total. The zero-order valence-corrected chi connectivity index (χ0v) is 15.4. The molecule has 132 valence electrons. The number of benzene rings is 2. The summed E-state index contributed by atoms with van der Waals surface area (Å²) >= 11 is 0. The fourth-order valence-corrected chi connectivity index (χ4v) is 5.67. The number of hydrogen-bond acceptors (Lipinski definition) is 3. The van der Waals surface area contributed by atoms with E-state index in [1.165, 1.54) is 0 Å². The molecule has 1 aliphatic carbocycles. The quantitative estimate of drug-likeness (QED) is 0.898. The van der Waals surface area contributed by atoms with Gasteiger partial charge in [-0.25, -0.2) is 8.42 Å². The fourth-order valence-electron chi connectivity index (χ4n) is 3.58. The van der Waals surface area contributed by atoms with Crippen LogP contribution in [0.4, 0.5) is 5.69 Å². The summed E-state index contributed by atoms with van der Waals surface area (Å²) in [4.78, 5) is 13.3. The van der Waals surface area contributed by atoms with Crippen molar-refractivity contribution in [3.8, 4) is 0 Å². The predicted molar refractivity (Wildman–Crippen MR) is 99.4 cm³/mol. The number of aryl methyl sites for hydroxylation is 2. The Morgan fingerprint density at radius 2 is 1.64 bits per heavy atom. The van der Waals surface area contributed by atoms with Crippen LogP contribution in [-0.4, -0.2) is 19.1 Å². The number of sulfone groups is 1. The van der Waals surface area contributed by atoms with E-state index in [9.17, 15) is 13.2 Å². The van der Waals surface area contributed by atoms with Gasteiger partial charge in [0.05, 0.1) is 4.90 Å². The van der Waals surface area contributed by atoms with E-state index in [0.29, 0.717) is 18.5 Å². The summed E-state index contributed by atoms with van der Waals surface area (Å²) in [5, 5.41) is 2.88. The average molecular weight is 357 g/mol. The van der Waals surface area contributed by atoms with Crippen LogP contribution in [0.15, 0.2) is 53.4 Å². The Morgan fingerprint density at radius 1 is 1.00 bits per heavy atom. The number of anilines is 1. The molecule has 0 heterocycles. The molecule has 0 saturated heterocycles. The first kappa shape index (κ1) is 17.7. The normalized spacial score (nSPS) is 16.6. The van der Waals surface area contributed by atoms with Crippen LogP contribution in [-0.2, 0) is 14.6 Å². The van der Waals surface area contributed by atoms with E-state index in [-0.39, 0.29) is 4.90 Å². The second-order valence-electron chi connectivity index (χ2n) is 6.79. The monoisotopic (exact) mass is 357 g/mol. The van der Waals surface area contributed by atoms with Gasteiger partial charge in [0.15, 0.2) is 14.6 Å². The molecule has 2 aromatic rings. The number of rotatable bonds is 4. The zero-order chi connectivity index (χ0) is 18.1. The van der Waals surface area contributed by atoms with Crippen molar-refractivity contribution in [2.24, 2.45) is 0 Å². The molecule has 3 rings (SSSR count). The van der Waals surface area contributed by atoms with Crippen molar-refractivity contribution in [2.75, 3.05) is 5.32 Å². The van der Waals surface area contributed by atoms with Gasteiger partial charge in [0, 0.05) is 5.69 Å². The molecule has 2 aromatic carbocycles. The summed E-state index contributed by atoms with van der Waals surface area (Å²) in [6, 6.07) is 14.0. The molecular formula is C20H23NO3S. The summed E-state index contributed by atoms with van der Waals surface area (Å²) in [6.45, 7) is 3.90. The molecule has 0 aliphatic heterocycles. The summed E-state index contributed by atoms with van der Waals surface area (Å²) in [7, 11) is -3.75. The number of amides is 1. The van der Waals surface area contributed by atoms with Crippen molar-refractivity contribution in [3.63, 3.8) is 0 Å². The molecule has 0 bridgehead atoms. The van der Waals surface area contributed by atoms with Crippen molar-refractivity contribution in [1.82, 2.24) is 0 Å². The Balaban J connectivity index is 1.99. The minimum Gasteiger partial charge on any atom is -0.324 e. The van der Waals surface area contributed by atoms with E-state index in [0.717, 1.165) is 24.0 Å². The molecule has 0 spiro atoms. The van der Waals surface area contributed by atoms with Crippen LogP contribution >= 0.6 is 0 Å². The minimum atomic E-state index is -3.75. The second kappa shape index (κ2) is 6.64. The molecule has 0 unspecified atom stereocenters. The minimum absolute atomic E-state index is 0.215. The first-order chi connectivity index (χ1) is 11.9. The molecule has 1 saturated carbocycles. The van der Waals surface area contributed by atoms with Gasteiger partial charge in [-0.3, -0.25) is 4.79 Å². The molecule has 0 aromatic heterocycles. The third-order valence-corrected chi connectivity index (χ3v) is 7.54. The zero-order valence-electron chi connectivity index (χ0n) is 14.6. The Bertz CT molecular complexity index is 882. The van der Waals surface area contributed by atoms with Crippen LogP contribution in [0, 0.1) is 13.8 Å².